The fourth-order valence-corrected chi connectivity index (χ4v) is 2.23. The number of H-pyrrole nitrogens is 1. The summed E-state index contributed by atoms with van der Waals surface area (Å²) in [5.74, 6) is -0.243. The quantitative estimate of drug-likeness (QED) is 0.751. The summed E-state index contributed by atoms with van der Waals surface area (Å²) in [5, 5.41) is 13.0. The van der Waals surface area contributed by atoms with Crippen LogP contribution >= 0.6 is 11.6 Å². The molecule has 0 aliphatic rings. The van der Waals surface area contributed by atoms with E-state index in [1.54, 1.807) is 42.5 Å². The van der Waals surface area contributed by atoms with Gasteiger partial charge in [0.15, 0.2) is 0 Å². The van der Waals surface area contributed by atoms with Gasteiger partial charge >= 0.3 is 0 Å². The third-order valence-corrected chi connectivity index (χ3v) is 3.33. The Hall–Kier alpha value is -2.77. The summed E-state index contributed by atoms with van der Waals surface area (Å²) in [7, 11) is 0. The van der Waals surface area contributed by atoms with Crippen LogP contribution in [0.15, 0.2) is 48.5 Å². The van der Waals surface area contributed by atoms with Crippen LogP contribution in [0.5, 0.6) is 0 Å². The maximum atomic E-state index is 12.2. The van der Waals surface area contributed by atoms with Crippen molar-refractivity contribution in [2.45, 2.75) is 0 Å². The van der Waals surface area contributed by atoms with Gasteiger partial charge in [-0.1, -0.05) is 11.6 Å². The van der Waals surface area contributed by atoms with Gasteiger partial charge in [-0.05, 0) is 48.5 Å². The highest BCUT2D eigenvalue weighted by molar-refractivity contribution is 6.31. The molecule has 5 heteroatoms. The van der Waals surface area contributed by atoms with Crippen molar-refractivity contribution in [2.75, 3.05) is 5.32 Å². The molecule has 21 heavy (non-hydrogen) atoms. The van der Waals surface area contributed by atoms with Gasteiger partial charge in [-0.15, -0.1) is 0 Å². The van der Waals surface area contributed by atoms with E-state index in [2.05, 4.69) is 10.3 Å². The number of anilines is 1. The molecule has 0 saturated heterocycles. The lowest BCUT2D eigenvalue weighted by molar-refractivity contribution is 0.102. The van der Waals surface area contributed by atoms with Gasteiger partial charge in [0.25, 0.3) is 5.91 Å². The number of benzene rings is 2. The molecule has 3 rings (SSSR count). The molecule has 2 aromatic carbocycles. The van der Waals surface area contributed by atoms with Crippen LogP contribution in [0, 0.1) is 11.3 Å². The van der Waals surface area contributed by atoms with Gasteiger partial charge in [0.05, 0.1) is 11.6 Å². The Balaban J connectivity index is 1.84. The van der Waals surface area contributed by atoms with Crippen molar-refractivity contribution >= 4 is 34.1 Å². The number of rotatable bonds is 2. The van der Waals surface area contributed by atoms with E-state index in [1.165, 1.54) is 0 Å². The maximum absolute atomic E-state index is 12.2. The summed E-state index contributed by atoms with van der Waals surface area (Å²) >= 11 is 5.93. The van der Waals surface area contributed by atoms with E-state index in [0.29, 0.717) is 22.0 Å². The standard InChI is InChI=1S/C16H10ClN3O/c17-12-3-6-14-11(7-12)8-15(20-14)16(21)19-13-4-1-10(9-18)2-5-13/h1-8,20H,(H,19,21). The van der Waals surface area contributed by atoms with Crippen LogP contribution < -0.4 is 5.32 Å². The lowest BCUT2D eigenvalue weighted by Crippen LogP contribution is -2.12. The number of nitrogens with one attached hydrogen (secondary N) is 2. The second kappa shape index (κ2) is 5.31. The number of carbonyl (C=O) groups excluding carboxylic acids is 1. The minimum atomic E-state index is -0.243. The molecule has 0 atom stereocenters. The molecule has 3 aromatic rings. The number of nitrogens with zero attached hydrogens (tertiary/aromatic N) is 1. The van der Waals surface area contributed by atoms with E-state index in [9.17, 15) is 4.79 Å². The number of hydrogen-bond acceptors (Lipinski definition) is 2. The molecule has 1 aromatic heterocycles. The number of carbonyl (C=O) groups is 1. The van der Waals surface area contributed by atoms with Crippen molar-refractivity contribution in [1.29, 1.82) is 5.26 Å². The summed E-state index contributed by atoms with van der Waals surface area (Å²) in [6.07, 6.45) is 0. The van der Waals surface area contributed by atoms with Gasteiger partial charge in [0, 0.05) is 21.6 Å². The van der Waals surface area contributed by atoms with Crippen LogP contribution in [0.4, 0.5) is 5.69 Å². The Morgan fingerprint density at radius 1 is 1.14 bits per heavy atom. The van der Waals surface area contributed by atoms with Crippen molar-refractivity contribution in [3.05, 3.63) is 64.8 Å². The summed E-state index contributed by atoms with van der Waals surface area (Å²) in [6.45, 7) is 0. The van der Waals surface area contributed by atoms with Crippen LogP contribution in [-0.4, -0.2) is 10.9 Å². The number of hydrogen-bond donors (Lipinski definition) is 2. The molecule has 0 saturated carbocycles. The first kappa shape index (κ1) is 13.2. The number of fused-ring (bicyclic) bond motifs is 1. The molecule has 0 radical (unpaired) electrons. The average Bonchev–Trinajstić information content (AvgIpc) is 2.91. The minimum absolute atomic E-state index is 0.243. The fraction of sp³-hybridized carbons (Fsp3) is 0. The molecule has 0 aliphatic heterocycles. The van der Waals surface area contributed by atoms with Crippen molar-refractivity contribution in [3.63, 3.8) is 0 Å². The molecular weight excluding hydrogens is 286 g/mol. The van der Waals surface area contributed by atoms with Crippen molar-refractivity contribution in [3.8, 4) is 6.07 Å². The predicted octanol–water partition coefficient (Wildman–Crippen LogP) is 3.95. The average molecular weight is 296 g/mol. The summed E-state index contributed by atoms with van der Waals surface area (Å²) in [4.78, 5) is 15.2. The van der Waals surface area contributed by atoms with Crippen molar-refractivity contribution < 1.29 is 4.79 Å². The monoisotopic (exact) mass is 295 g/mol. The third-order valence-electron chi connectivity index (χ3n) is 3.10. The third kappa shape index (κ3) is 2.73. The van der Waals surface area contributed by atoms with Crippen LogP contribution in [0.2, 0.25) is 5.02 Å². The van der Waals surface area contributed by atoms with Gasteiger partial charge in [0.1, 0.15) is 5.69 Å². The van der Waals surface area contributed by atoms with E-state index in [0.717, 1.165) is 10.9 Å². The molecule has 0 spiro atoms. The zero-order chi connectivity index (χ0) is 14.8. The first-order valence-electron chi connectivity index (χ1n) is 6.25. The summed E-state index contributed by atoms with van der Waals surface area (Å²) < 4.78 is 0. The molecule has 1 amide bonds. The molecule has 2 N–H and O–H groups in total. The second-order valence-electron chi connectivity index (χ2n) is 4.56. The highest BCUT2D eigenvalue weighted by Crippen LogP contribution is 2.20. The van der Waals surface area contributed by atoms with Crippen LogP contribution in [0.1, 0.15) is 16.1 Å². The Kier molecular flexibility index (Phi) is 3.35. The van der Waals surface area contributed by atoms with Crippen molar-refractivity contribution in [2.24, 2.45) is 0 Å². The number of nitriles is 1. The van der Waals surface area contributed by atoms with Gasteiger partial charge in [-0.25, -0.2) is 0 Å². The van der Waals surface area contributed by atoms with Crippen LogP contribution in [0.25, 0.3) is 10.9 Å². The molecule has 0 fully saturated rings. The van der Waals surface area contributed by atoms with E-state index < -0.39 is 0 Å². The molecule has 1 heterocycles. The Morgan fingerprint density at radius 3 is 2.62 bits per heavy atom. The SMILES string of the molecule is N#Cc1ccc(NC(=O)c2cc3cc(Cl)ccc3[nH]2)cc1. The van der Waals surface area contributed by atoms with E-state index in [4.69, 9.17) is 16.9 Å². The molecule has 0 bridgehead atoms. The zero-order valence-electron chi connectivity index (χ0n) is 10.9. The highest BCUT2D eigenvalue weighted by Gasteiger charge is 2.10. The Bertz CT molecular complexity index is 859. The number of aromatic nitrogens is 1. The van der Waals surface area contributed by atoms with E-state index in [1.807, 2.05) is 12.1 Å². The van der Waals surface area contributed by atoms with Gasteiger partial charge < -0.3 is 10.3 Å². The molecule has 4 nitrogen and oxygen atoms in total. The highest BCUT2D eigenvalue weighted by atomic mass is 35.5. The fourth-order valence-electron chi connectivity index (χ4n) is 2.05. The normalized spacial score (nSPS) is 10.3. The maximum Gasteiger partial charge on any atom is 0.272 e. The lowest BCUT2D eigenvalue weighted by Gasteiger charge is -2.03. The van der Waals surface area contributed by atoms with Gasteiger partial charge in [-0.2, -0.15) is 5.26 Å². The van der Waals surface area contributed by atoms with E-state index in [-0.39, 0.29) is 5.91 Å². The minimum Gasteiger partial charge on any atom is -0.351 e. The van der Waals surface area contributed by atoms with Crippen LogP contribution in [0.3, 0.4) is 0 Å². The Morgan fingerprint density at radius 2 is 1.90 bits per heavy atom. The number of halogens is 1. The van der Waals surface area contributed by atoms with Crippen molar-refractivity contribution in [1.82, 2.24) is 4.98 Å². The molecular formula is C16H10ClN3O. The molecule has 102 valence electrons. The number of aromatic amines is 1. The van der Waals surface area contributed by atoms with Crippen LogP contribution in [-0.2, 0) is 0 Å². The lowest BCUT2D eigenvalue weighted by atomic mass is 10.2. The largest absolute Gasteiger partial charge is 0.351 e. The summed E-state index contributed by atoms with van der Waals surface area (Å²) in [5.41, 5.74) is 2.49. The first-order chi connectivity index (χ1) is 10.2. The van der Waals surface area contributed by atoms with Gasteiger partial charge in [-0.3, -0.25) is 4.79 Å². The topological polar surface area (TPSA) is 68.7 Å². The second-order valence-corrected chi connectivity index (χ2v) is 4.99. The smallest absolute Gasteiger partial charge is 0.272 e. The zero-order valence-corrected chi connectivity index (χ0v) is 11.6. The van der Waals surface area contributed by atoms with E-state index >= 15 is 0 Å². The first-order valence-corrected chi connectivity index (χ1v) is 6.63. The summed E-state index contributed by atoms with van der Waals surface area (Å²) in [6, 6.07) is 15.9. The number of amides is 1. The Labute approximate surface area is 126 Å². The molecule has 0 unspecified atom stereocenters. The molecule has 0 aliphatic carbocycles. The predicted molar refractivity (Wildman–Crippen MR) is 82.4 cm³/mol. The van der Waals surface area contributed by atoms with Gasteiger partial charge in [0.2, 0.25) is 0 Å².